The molecule has 0 aromatic rings. The highest BCUT2D eigenvalue weighted by atomic mass is 16.5. The number of nitriles is 1. The highest BCUT2D eigenvalue weighted by Gasteiger charge is 2.25. The van der Waals surface area contributed by atoms with E-state index in [1.807, 2.05) is 0 Å². The van der Waals surface area contributed by atoms with E-state index in [0.29, 0.717) is 0 Å². The summed E-state index contributed by atoms with van der Waals surface area (Å²) in [6.45, 7) is 5.05. The van der Waals surface area contributed by atoms with E-state index in [0.717, 1.165) is 0 Å². The molecule has 0 fully saturated rings. The second kappa shape index (κ2) is 3.58. The summed E-state index contributed by atoms with van der Waals surface area (Å²) >= 11 is 0. The standard InChI is InChI=1S/C9H11N3O2/c1-6(4-10)14-8(13)7-5-11-9(2,3)12-7/h5-6H,1-3H3. The second-order valence-corrected chi connectivity index (χ2v) is 3.43. The normalized spacial score (nSPS) is 19.7. The maximum Gasteiger partial charge on any atom is 0.359 e. The molecule has 14 heavy (non-hydrogen) atoms. The molecule has 1 aliphatic heterocycles. The fourth-order valence-electron chi connectivity index (χ4n) is 0.917. The van der Waals surface area contributed by atoms with Crippen LogP contribution in [0.15, 0.2) is 9.98 Å². The van der Waals surface area contributed by atoms with Gasteiger partial charge in [-0.15, -0.1) is 0 Å². The lowest BCUT2D eigenvalue weighted by atomic mass is 10.3. The Labute approximate surface area is 82.1 Å². The van der Waals surface area contributed by atoms with Crippen molar-refractivity contribution in [3.63, 3.8) is 0 Å². The van der Waals surface area contributed by atoms with Gasteiger partial charge >= 0.3 is 5.97 Å². The van der Waals surface area contributed by atoms with Crippen molar-refractivity contribution in [2.24, 2.45) is 9.98 Å². The number of esters is 1. The van der Waals surface area contributed by atoms with Crippen LogP contribution in [0.2, 0.25) is 0 Å². The lowest BCUT2D eigenvalue weighted by Crippen LogP contribution is -2.22. The van der Waals surface area contributed by atoms with Gasteiger partial charge in [-0.2, -0.15) is 5.26 Å². The van der Waals surface area contributed by atoms with Gasteiger partial charge < -0.3 is 4.74 Å². The molecule has 0 spiro atoms. The predicted octanol–water partition coefficient (Wildman–Crippen LogP) is 0.703. The van der Waals surface area contributed by atoms with Gasteiger partial charge in [0, 0.05) is 0 Å². The van der Waals surface area contributed by atoms with Crippen molar-refractivity contribution in [2.75, 3.05) is 0 Å². The van der Waals surface area contributed by atoms with E-state index in [4.69, 9.17) is 10.00 Å². The largest absolute Gasteiger partial charge is 0.442 e. The Morgan fingerprint density at radius 2 is 2.36 bits per heavy atom. The van der Waals surface area contributed by atoms with E-state index in [-0.39, 0.29) is 5.71 Å². The number of carbonyl (C=O) groups is 1. The predicted molar refractivity (Wildman–Crippen MR) is 51.2 cm³/mol. The average molecular weight is 193 g/mol. The summed E-state index contributed by atoms with van der Waals surface area (Å²) in [7, 11) is 0. The minimum atomic E-state index is -0.762. The minimum Gasteiger partial charge on any atom is -0.442 e. The van der Waals surface area contributed by atoms with Crippen LogP contribution in [0.1, 0.15) is 20.8 Å². The van der Waals surface area contributed by atoms with Gasteiger partial charge in [0.2, 0.25) is 0 Å². The SMILES string of the molecule is CC(C#N)OC(=O)C1=NC(C)(C)N=C1. The Balaban J connectivity index is 2.66. The third-order valence-corrected chi connectivity index (χ3v) is 1.57. The quantitative estimate of drug-likeness (QED) is 0.606. The zero-order chi connectivity index (χ0) is 10.8. The molecule has 0 N–H and O–H groups in total. The van der Waals surface area contributed by atoms with Crippen LogP contribution in [0.4, 0.5) is 0 Å². The first-order chi connectivity index (χ1) is 6.44. The van der Waals surface area contributed by atoms with Crippen LogP contribution in [0.3, 0.4) is 0 Å². The number of aliphatic imine (C=N–C) groups is 2. The topological polar surface area (TPSA) is 74.8 Å². The Kier molecular flexibility index (Phi) is 2.65. The Bertz CT molecular complexity index is 350. The molecule has 1 rings (SSSR count). The summed E-state index contributed by atoms with van der Waals surface area (Å²) in [5.41, 5.74) is -0.429. The summed E-state index contributed by atoms with van der Waals surface area (Å²) in [5, 5.41) is 8.43. The molecular weight excluding hydrogens is 182 g/mol. The van der Waals surface area contributed by atoms with Gasteiger partial charge in [0.05, 0.1) is 6.21 Å². The van der Waals surface area contributed by atoms with E-state index in [2.05, 4.69) is 9.98 Å². The highest BCUT2D eigenvalue weighted by Crippen LogP contribution is 2.15. The third kappa shape index (κ3) is 2.39. The first kappa shape index (κ1) is 10.4. The van der Waals surface area contributed by atoms with Gasteiger partial charge in [-0.05, 0) is 20.8 Å². The first-order valence-electron chi connectivity index (χ1n) is 4.20. The average Bonchev–Trinajstić information content (AvgIpc) is 2.46. The molecule has 1 atom stereocenters. The van der Waals surface area contributed by atoms with Crippen LogP contribution in [-0.4, -0.2) is 29.7 Å². The van der Waals surface area contributed by atoms with Gasteiger partial charge in [0.25, 0.3) is 0 Å². The Hall–Kier alpha value is -1.70. The summed E-state index contributed by atoms with van der Waals surface area (Å²) in [5.74, 6) is -0.603. The molecule has 0 saturated heterocycles. The smallest absolute Gasteiger partial charge is 0.359 e. The zero-order valence-corrected chi connectivity index (χ0v) is 8.31. The monoisotopic (exact) mass is 193 g/mol. The van der Waals surface area contributed by atoms with Crippen molar-refractivity contribution in [3.05, 3.63) is 0 Å². The third-order valence-electron chi connectivity index (χ3n) is 1.57. The van der Waals surface area contributed by atoms with E-state index in [1.165, 1.54) is 13.1 Å². The summed E-state index contributed by atoms with van der Waals surface area (Å²) < 4.78 is 4.75. The van der Waals surface area contributed by atoms with Crippen molar-refractivity contribution in [1.29, 1.82) is 5.26 Å². The number of nitrogens with zero attached hydrogens (tertiary/aromatic N) is 3. The maximum atomic E-state index is 11.3. The molecule has 0 aromatic carbocycles. The molecule has 0 radical (unpaired) electrons. The van der Waals surface area contributed by atoms with Gasteiger partial charge in [0.1, 0.15) is 11.7 Å². The molecule has 1 aliphatic rings. The molecule has 0 amide bonds. The Morgan fingerprint density at radius 3 is 2.79 bits per heavy atom. The van der Waals surface area contributed by atoms with Gasteiger partial charge in [-0.25, -0.2) is 9.79 Å². The number of ether oxygens (including phenoxy) is 1. The molecule has 5 nitrogen and oxygen atoms in total. The van der Waals surface area contributed by atoms with Gasteiger partial charge in [0.15, 0.2) is 11.8 Å². The van der Waals surface area contributed by atoms with Crippen molar-refractivity contribution >= 4 is 17.9 Å². The van der Waals surface area contributed by atoms with Crippen molar-refractivity contribution < 1.29 is 9.53 Å². The van der Waals surface area contributed by atoms with E-state index in [1.54, 1.807) is 19.9 Å². The molecule has 0 aromatic heterocycles. The van der Waals surface area contributed by atoms with Crippen molar-refractivity contribution in [2.45, 2.75) is 32.5 Å². The van der Waals surface area contributed by atoms with Gasteiger partial charge in [-0.1, -0.05) is 0 Å². The molecule has 5 heteroatoms. The molecule has 74 valence electrons. The first-order valence-corrected chi connectivity index (χ1v) is 4.20. The summed E-state index contributed by atoms with van der Waals surface area (Å²) in [6.07, 6.45) is 0.606. The number of hydrogen-bond donors (Lipinski definition) is 0. The van der Waals surface area contributed by atoms with Gasteiger partial charge in [-0.3, -0.25) is 4.99 Å². The zero-order valence-electron chi connectivity index (χ0n) is 8.31. The van der Waals surface area contributed by atoms with Crippen LogP contribution in [0, 0.1) is 11.3 Å². The number of rotatable bonds is 2. The van der Waals surface area contributed by atoms with Crippen LogP contribution >= 0.6 is 0 Å². The molecular formula is C9H11N3O2. The van der Waals surface area contributed by atoms with Crippen LogP contribution < -0.4 is 0 Å². The Morgan fingerprint density at radius 1 is 1.71 bits per heavy atom. The van der Waals surface area contributed by atoms with Crippen LogP contribution in [0.25, 0.3) is 0 Å². The van der Waals surface area contributed by atoms with Crippen molar-refractivity contribution in [1.82, 2.24) is 0 Å². The molecule has 0 saturated carbocycles. The second-order valence-electron chi connectivity index (χ2n) is 3.43. The number of carbonyl (C=O) groups excluding carboxylic acids is 1. The van der Waals surface area contributed by atoms with E-state index >= 15 is 0 Å². The van der Waals surface area contributed by atoms with Crippen molar-refractivity contribution in [3.8, 4) is 6.07 Å². The van der Waals surface area contributed by atoms with Crippen LogP contribution in [-0.2, 0) is 9.53 Å². The number of hydrogen-bond acceptors (Lipinski definition) is 5. The van der Waals surface area contributed by atoms with E-state index < -0.39 is 17.7 Å². The highest BCUT2D eigenvalue weighted by molar-refractivity contribution is 6.60. The summed E-state index contributed by atoms with van der Waals surface area (Å²) in [4.78, 5) is 19.3. The lowest BCUT2D eigenvalue weighted by molar-refractivity contribution is -0.137. The van der Waals surface area contributed by atoms with Crippen LogP contribution in [0.5, 0.6) is 0 Å². The van der Waals surface area contributed by atoms with E-state index in [9.17, 15) is 4.79 Å². The lowest BCUT2D eigenvalue weighted by Gasteiger charge is -2.08. The molecule has 1 unspecified atom stereocenters. The molecule has 1 heterocycles. The maximum absolute atomic E-state index is 11.3. The summed E-state index contributed by atoms with van der Waals surface area (Å²) in [6, 6.07) is 1.80. The fraction of sp³-hybridized carbons (Fsp3) is 0.556. The fourth-order valence-corrected chi connectivity index (χ4v) is 0.917. The molecule has 0 bridgehead atoms. The molecule has 0 aliphatic carbocycles. The minimum absolute atomic E-state index is 0.164.